The highest BCUT2D eigenvalue weighted by molar-refractivity contribution is 6.00. The Morgan fingerprint density at radius 2 is 2.09 bits per heavy atom. The third-order valence-corrected chi connectivity index (χ3v) is 6.58. The predicted octanol–water partition coefficient (Wildman–Crippen LogP) is 3.50. The second-order valence-electron chi connectivity index (χ2n) is 8.80. The summed E-state index contributed by atoms with van der Waals surface area (Å²) >= 11 is 0. The molecule has 1 amide bonds. The molecule has 0 radical (unpaired) electrons. The molecule has 34 heavy (non-hydrogen) atoms. The number of fused-ring (bicyclic) bond motifs is 1. The highest BCUT2D eigenvalue weighted by atomic mass is 19.1. The molecule has 1 saturated carbocycles. The van der Waals surface area contributed by atoms with E-state index in [9.17, 15) is 9.18 Å². The molecule has 0 unspecified atom stereocenters. The van der Waals surface area contributed by atoms with Gasteiger partial charge in [0.25, 0.3) is 0 Å². The Labute approximate surface area is 195 Å². The number of aryl methyl sites for hydroxylation is 1. The zero-order chi connectivity index (χ0) is 24.0. The zero-order valence-corrected chi connectivity index (χ0v) is 18.9. The number of hydrogen-bond acceptors (Lipinski definition) is 6. The van der Waals surface area contributed by atoms with Gasteiger partial charge in [-0.25, -0.2) is 9.37 Å². The smallest absolute Gasteiger partial charge is 0.229 e. The van der Waals surface area contributed by atoms with Crippen LogP contribution < -0.4 is 11.1 Å². The second-order valence-corrected chi connectivity index (χ2v) is 8.80. The first kappa shape index (κ1) is 22.0. The van der Waals surface area contributed by atoms with Crippen LogP contribution in [0.2, 0.25) is 0 Å². The molecular formula is C25H25FN6O2. The average Bonchev–Trinajstić information content (AvgIpc) is 3.25. The van der Waals surface area contributed by atoms with Gasteiger partial charge in [-0.05, 0) is 53.6 Å². The number of aliphatic hydroxyl groups excluding tert-OH is 1. The maximum Gasteiger partial charge on any atom is 0.229 e. The van der Waals surface area contributed by atoms with E-state index in [1.807, 2.05) is 26.1 Å². The summed E-state index contributed by atoms with van der Waals surface area (Å²) < 4.78 is 16.6. The number of pyridine rings is 2. The number of rotatable bonds is 6. The summed E-state index contributed by atoms with van der Waals surface area (Å²) in [6, 6.07) is 6.61. The van der Waals surface area contributed by atoms with E-state index in [-0.39, 0.29) is 36.1 Å². The predicted molar refractivity (Wildman–Crippen MR) is 127 cm³/mol. The SMILES string of the molecule is Cc1ccncc1-c1cc2cc(NC(=O)[C@H]3[C@@H](C)[C@@H]3c3cnn(CCO)c3)nc(N)c2cc1F. The number of nitrogens with zero attached hydrogens (tertiary/aromatic N) is 4. The van der Waals surface area contributed by atoms with Crippen molar-refractivity contribution in [3.05, 3.63) is 66.0 Å². The van der Waals surface area contributed by atoms with Crippen molar-refractivity contribution in [2.75, 3.05) is 17.7 Å². The first-order valence-electron chi connectivity index (χ1n) is 11.1. The second kappa shape index (κ2) is 8.49. The molecule has 4 N–H and O–H groups in total. The van der Waals surface area contributed by atoms with Crippen molar-refractivity contribution in [1.29, 1.82) is 0 Å². The minimum Gasteiger partial charge on any atom is -0.394 e. The number of nitrogen functional groups attached to an aromatic ring is 1. The first-order chi connectivity index (χ1) is 16.4. The fourth-order valence-electron chi connectivity index (χ4n) is 4.68. The van der Waals surface area contributed by atoms with Crippen molar-refractivity contribution in [3.63, 3.8) is 0 Å². The average molecular weight is 461 g/mol. The van der Waals surface area contributed by atoms with Gasteiger partial charge >= 0.3 is 0 Å². The number of hydrogen-bond donors (Lipinski definition) is 3. The summed E-state index contributed by atoms with van der Waals surface area (Å²) in [5.41, 5.74) is 9.10. The van der Waals surface area contributed by atoms with Gasteiger partial charge in [0.2, 0.25) is 5.91 Å². The number of halogens is 1. The van der Waals surface area contributed by atoms with Gasteiger partial charge < -0.3 is 16.2 Å². The standard InChI is InChI=1S/C25H25FN6O2/c1-13-3-4-28-11-19(13)18-7-15-8-21(30-24(27)17(15)9-20(18)26)31-25(34)23-14(2)22(23)16-10-29-32(12-16)5-6-33/h3-4,7-12,14,22-23,33H,5-6H2,1-2H3,(H3,27,30,31,34)/t14-,22+,23-/m0/s1. The number of anilines is 2. The van der Waals surface area contributed by atoms with Crippen LogP contribution in [-0.4, -0.2) is 37.4 Å². The van der Waals surface area contributed by atoms with Crippen LogP contribution >= 0.6 is 0 Å². The van der Waals surface area contributed by atoms with Crippen LogP contribution in [0.3, 0.4) is 0 Å². The molecule has 0 saturated heterocycles. The van der Waals surface area contributed by atoms with E-state index in [1.165, 1.54) is 6.07 Å². The van der Waals surface area contributed by atoms with Gasteiger partial charge in [-0.15, -0.1) is 0 Å². The Kier molecular flexibility index (Phi) is 5.49. The molecule has 1 aliphatic rings. The lowest BCUT2D eigenvalue weighted by molar-refractivity contribution is -0.117. The first-order valence-corrected chi connectivity index (χ1v) is 11.1. The van der Waals surface area contributed by atoms with Crippen molar-refractivity contribution >= 4 is 28.3 Å². The number of nitrogens with one attached hydrogen (secondary N) is 1. The molecule has 4 aromatic rings. The Morgan fingerprint density at radius 3 is 2.85 bits per heavy atom. The third kappa shape index (κ3) is 3.88. The molecule has 8 nitrogen and oxygen atoms in total. The maximum atomic E-state index is 14.9. The molecule has 1 aliphatic carbocycles. The van der Waals surface area contributed by atoms with Crippen molar-refractivity contribution in [2.24, 2.45) is 11.8 Å². The molecule has 0 bridgehead atoms. The number of aromatic nitrogens is 4. The van der Waals surface area contributed by atoms with Crippen LogP contribution in [0.5, 0.6) is 0 Å². The van der Waals surface area contributed by atoms with Gasteiger partial charge in [-0.3, -0.25) is 14.5 Å². The molecular weight excluding hydrogens is 435 g/mol. The minimum atomic E-state index is -0.412. The topological polar surface area (TPSA) is 119 Å². The maximum absolute atomic E-state index is 14.9. The van der Waals surface area contributed by atoms with Crippen molar-refractivity contribution in [2.45, 2.75) is 26.3 Å². The fraction of sp³-hybridized carbons (Fsp3) is 0.280. The highest BCUT2D eigenvalue weighted by Gasteiger charge is 2.53. The van der Waals surface area contributed by atoms with Gasteiger partial charge in [-0.2, -0.15) is 5.10 Å². The number of carbonyl (C=O) groups is 1. The molecule has 0 spiro atoms. The normalized spacial score (nSPS) is 19.4. The summed E-state index contributed by atoms with van der Waals surface area (Å²) in [7, 11) is 0. The molecule has 9 heteroatoms. The molecule has 3 heterocycles. The van der Waals surface area contributed by atoms with Gasteiger partial charge in [0.05, 0.1) is 19.3 Å². The van der Waals surface area contributed by atoms with Crippen molar-refractivity contribution in [1.82, 2.24) is 19.7 Å². The summed E-state index contributed by atoms with van der Waals surface area (Å²) in [4.78, 5) is 21.4. The lowest BCUT2D eigenvalue weighted by Gasteiger charge is -2.12. The molecule has 174 valence electrons. The summed E-state index contributed by atoms with van der Waals surface area (Å²) in [6.45, 7) is 4.34. The van der Waals surface area contributed by atoms with Crippen LogP contribution in [0, 0.1) is 24.6 Å². The molecule has 1 aromatic carbocycles. The largest absolute Gasteiger partial charge is 0.394 e. The van der Waals surface area contributed by atoms with Gasteiger partial charge in [0, 0.05) is 46.9 Å². The van der Waals surface area contributed by atoms with E-state index in [4.69, 9.17) is 10.8 Å². The zero-order valence-electron chi connectivity index (χ0n) is 18.9. The summed E-state index contributed by atoms with van der Waals surface area (Å²) in [5.74, 6) is -0.101. The molecule has 0 aliphatic heterocycles. The number of carbonyl (C=O) groups excluding carboxylic acids is 1. The van der Waals surface area contributed by atoms with Gasteiger partial charge in [-0.1, -0.05) is 6.92 Å². The van der Waals surface area contributed by atoms with E-state index >= 15 is 0 Å². The van der Waals surface area contributed by atoms with Crippen molar-refractivity contribution in [3.8, 4) is 11.1 Å². The van der Waals surface area contributed by atoms with Crippen LogP contribution in [0.1, 0.15) is 24.0 Å². The van der Waals surface area contributed by atoms with Gasteiger partial charge in [0.1, 0.15) is 17.5 Å². The van der Waals surface area contributed by atoms with Gasteiger partial charge in [0.15, 0.2) is 0 Å². The third-order valence-electron chi connectivity index (χ3n) is 6.58. The lowest BCUT2D eigenvalue weighted by atomic mass is 9.99. The summed E-state index contributed by atoms with van der Waals surface area (Å²) in [6.07, 6.45) is 6.90. The number of amides is 1. The summed E-state index contributed by atoms with van der Waals surface area (Å²) in [5, 5.41) is 17.4. The van der Waals surface area contributed by atoms with Crippen LogP contribution in [0.15, 0.2) is 49.1 Å². The van der Waals surface area contributed by atoms with Crippen LogP contribution in [-0.2, 0) is 11.3 Å². The Morgan fingerprint density at radius 1 is 1.26 bits per heavy atom. The van der Waals surface area contributed by atoms with E-state index < -0.39 is 5.82 Å². The van der Waals surface area contributed by atoms with Crippen LogP contribution in [0.25, 0.3) is 21.9 Å². The molecule has 5 rings (SSSR count). The van der Waals surface area contributed by atoms with Crippen LogP contribution in [0.4, 0.5) is 16.0 Å². The molecule has 3 aromatic heterocycles. The van der Waals surface area contributed by atoms with E-state index in [2.05, 4.69) is 20.4 Å². The Hall–Kier alpha value is -3.85. The minimum absolute atomic E-state index is 0.00623. The lowest BCUT2D eigenvalue weighted by Crippen LogP contribution is -2.16. The fourth-order valence-corrected chi connectivity index (χ4v) is 4.68. The number of benzene rings is 1. The molecule has 3 atom stereocenters. The number of nitrogens with two attached hydrogens (primary N) is 1. The van der Waals surface area contributed by atoms with E-state index in [0.717, 1.165) is 11.1 Å². The monoisotopic (exact) mass is 460 g/mol. The van der Waals surface area contributed by atoms with E-state index in [1.54, 1.807) is 35.4 Å². The van der Waals surface area contributed by atoms with Crippen molar-refractivity contribution < 1.29 is 14.3 Å². The Bertz CT molecular complexity index is 1400. The number of aliphatic hydroxyl groups is 1. The molecule has 1 fully saturated rings. The quantitative estimate of drug-likeness (QED) is 0.405. The highest BCUT2D eigenvalue weighted by Crippen LogP contribution is 2.54. The van der Waals surface area contributed by atoms with E-state index in [0.29, 0.717) is 34.3 Å². The Balaban J connectivity index is 1.41.